The number of thiophene rings is 1. The van der Waals surface area contributed by atoms with Gasteiger partial charge in [0.05, 0.1) is 12.2 Å². The van der Waals surface area contributed by atoms with Gasteiger partial charge in [-0.1, -0.05) is 11.2 Å². The van der Waals surface area contributed by atoms with Gasteiger partial charge in [-0.05, 0) is 18.4 Å². The molecule has 1 aliphatic rings. The van der Waals surface area contributed by atoms with E-state index in [4.69, 9.17) is 4.52 Å². The van der Waals surface area contributed by atoms with Crippen molar-refractivity contribution >= 4 is 21.4 Å². The Labute approximate surface area is 128 Å². The van der Waals surface area contributed by atoms with E-state index in [9.17, 15) is 8.42 Å². The summed E-state index contributed by atoms with van der Waals surface area (Å²) in [5, 5.41) is 5.65. The van der Waals surface area contributed by atoms with Gasteiger partial charge < -0.3 is 4.52 Å². The quantitative estimate of drug-likeness (QED) is 0.852. The second kappa shape index (κ2) is 5.88. The van der Waals surface area contributed by atoms with E-state index in [0.717, 1.165) is 11.5 Å². The van der Waals surface area contributed by atoms with Crippen molar-refractivity contribution in [1.82, 2.24) is 14.4 Å². The van der Waals surface area contributed by atoms with Gasteiger partial charge in [-0.25, -0.2) is 8.42 Å². The molecule has 0 aliphatic carbocycles. The lowest BCUT2D eigenvalue weighted by molar-refractivity contribution is 0.166. The summed E-state index contributed by atoms with van der Waals surface area (Å²) in [5.74, 6) is 0.821. The Bertz CT molecular complexity index is 686. The van der Waals surface area contributed by atoms with Gasteiger partial charge in [-0.3, -0.25) is 4.90 Å². The van der Waals surface area contributed by atoms with Crippen LogP contribution in [0.2, 0.25) is 0 Å². The van der Waals surface area contributed by atoms with E-state index in [1.54, 1.807) is 21.8 Å². The second-order valence-electron chi connectivity index (χ2n) is 5.05. The van der Waals surface area contributed by atoms with Crippen LogP contribution in [0.1, 0.15) is 11.5 Å². The van der Waals surface area contributed by atoms with Gasteiger partial charge in [0.15, 0.2) is 5.76 Å². The zero-order valence-electron chi connectivity index (χ0n) is 11.7. The van der Waals surface area contributed by atoms with E-state index < -0.39 is 10.0 Å². The van der Waals surface area contributed by atoms with Crippen LogP contribution in [-0.2, 0) is 16.6 Å². The maximum atomic E-state index is 12.4. The Kier molecular flexibility index (Phi) is 4.12. The highest BCUT2D eigenvalue weighted by Crippen LogP contribution is 2.22. The van der Waals surface area contributed by atoms with Crippen molar-refractivity contribution in [2.75, 3.05) is 26.2 Å². The SMILES string of the molecule is Cc1cc(CN2CCN(S(=O)(=O)c3cccs3)CC2)on1. The number of aryl methyl sites for hydroxylation is 1. The zero-order chi connectivity index (χ0) is 14.9. The maximum Gasteiger partial charge on any atom is 0.252 e. The fourth-order valence-corrected chi connectivity index (χ4v) is 4.94. The smallest absolute Gasteiger partial charge is 0.252 e. The molecular weight excluding hydrogens is 310 g/mol. The van der Waals surface area contributed by atoms with Crippen LogP contribution in [0.4, 0.5) is 0 Å². The third-order valence-electron chi connectivity index (χ3n) is 3.48. The number of rotatable bonds is 4. The average molecular weight is 327 g/mol. The first-order chi connectivity index (χ1) is 10.1. The van der Waals surface area contributed by atoms with Crippen molar-refractivity contribution in [2.24, 2.45) is 0 Å². The lowest BCUT2D eigenvalue weighted by Crippen LogP contribution is -2.47. The van der Waals surface area contributed by atoms with Gasteiger partial charge in [0, 0.05) is 32.2 Å². The highest BCUT2D eigenvalue weighted by atomic mass is 32.2. The summed E-state index contributed by atoms with van der Waals surface area (Å²) in [6.45, 7) is 4.97. The zero-order valence-corrected chi connectivity index (χ0v) is 13.4. The van der Waals surface area contributed by atoms with Crippen molar-refractivity contribution in [3.05, 3.63) is 35.0 Å². The molecule has 1 fully saturated rings. The summed E-state index contributed by atoms with van der Waals surface area (Å²) in [6.07, 6.45) is 0. The van der Waals surface area contributed by atoms with E-state index in [2.05, 4.69) is 10.1 Å². The van der Waals surface area contributed by atoms with Crippen LogP contribution in [0.15, 0.2) is 32.3 Å². The molecule has 0 spiro atoms. The minimum absolute atomic E-state index is 0.418. The van der Waals surface area contributed by atoms with Gasteiger partial charge in [-0.15, -0.1) is 11.3 Å². The van der Waals surface area contributed by atoms with E-state index in [0.29, 0.717) is 36.9 Å². The van der Waals surface area contributed by atoms with Crippen molar-refractivity contribution in [3.63, 3.8) is 0 Å². The van der Waals surface area contributed by atoms with Gasteiger partial charge in [0.1, 0.15) is 4.21 Å². The molecule has 0 aromatic carbocycles. The molecule has 0 saturated carbocycles. The largest absolute Gasteiger partial charge is 0.360 e. The number of aromatic nitrogens is 1. The molecular formula is C13H17N3O3S2. The van der Waals surface area contributed by atoms with Crippen LogP contribution in [0.5, 0.6) is 0 Å². The Balaban J connectivity index is 1.60. The molecule has 0 N–H and O–H groups in total. The molecule has 1 aliphatic heterocycles. The molecule has 2 aromatic rings. The van der Waals surface area contributed by atoms with Crippen LogP contribution in [0.3, 0.4) is 0 Å². The van der Waals surface area contributed by atoms with Crippen LogP contribution < -0.4 is 0 Å². The van der Waals surface area contributed by atoms with Gasteiger partial charge in [0.2, 0.25) is 0 Å². The minimum Gasteiger partial charge on any atom is -0.360 e. The standard InChI is InChI=1S/C13H17N3O3S2/c1-11-9-12(19-14-11)10-15-4-6-16(7-5-15)21(17,18)13-3-2-8-20-13/h2-3,8-9H,4-7,10H2,1H3. The number of hydrogen-bond acceptors (Lipinski definition) is 6. The Morgan fingerprint density at radius 2 is 2.10 bits per heavy atom. The summed E-state index contributed by atoms with van der Waals surface area (Å²) in [5.41, 5.74) is 0.865. The van der Waals surface area contributed by atoms with Gasteiger partial charge >= 0.3 is 0 Å². The summed E-state index contributed by atoms with van der Waals surface area (Å²) < 4.78 is 32.0. The molecule has 0 bridgehead atoms. The average Bonchev–Trinajstić information content (AvgIpc) is 3.11. The Hall–Kier alpha value is -1.22. The third-order valence-corrected chi connectivity index (χ3v) is 6.75. The second-order valence-corrected chi connectivity index (χ2v) is 8.16. The topological polar surface area (TPSA) is 66.7 Å². The van der Waals surface area contributed by atoms with E-state index in [1.165, 1.54) is 11.3 Å². The summed E-state index contributed by atoms with van der Waals surface area (Å²) in [6, 6.07) is 5.33. The number of piperazine rings is 1. The van der Waals surface area contributed by atoms with Crippen LogP contribution in [0, 0.1) is 6.92 Å². The predicted molar refractivity (Wildman–Crippen MR) is 79.6 cm³/mol. The molecule has 0 radical (unpaired) electrons. The molecule has 0 unspecified atom stereocenters. The van der Waals surface area contributed by atoms with Crippen LogP contribution >= 0.6 is 11.3 Å². The summed E-state index contributed by atoms with van der Waals surface area (Å²) >= 11 is 1.26. The third kappa shape index (κ3) is 3.18. The molecule has 2 aromatic heterocycles. The van der Waals surface area contributed by atoms with Gasteiger partial charge in [-0.2, -0.15) is 4.31 Å². The number of sulfonamides is 1. The van der Waals surface area contributed by atoms with E-state index >= 15 is 0 Å². The molecule has 0 atom stereocenters. The molecule has 3 heterocycles. The van der Waals surface area contributed by atoms with Crippen molar-refractivity contribution in [1.29, 1.82) is 0 Å². The van der Waals surface area contributed by atoms with Crippen molar-refractivity contribution in [2.45, 2.75) is 17.7 Å². The van der Waals surface area contributed by atoms with Gasteiger partial charge in [0.25, 0.3) is 10.0 Å². The fourth-order valence-electron chi connectivity index (χ4n) is 2.38. The lowest BCUT2D eigenvalue weighted by atomic mass is 10.3. The van der Waals surface area contributed by atoms with Crippen molar-refractivity contribution in [3.8, 4) is 0 Å². The maximum absolute atomic E-state index is 12.4. The first-order valence-corrected chi connectivity index (χ1v) is 9.06. The first kappa shape index (κ1) is 14.7. The molecule has 6 nitrogen and oxygen atoms in total. The monoisotopic (exact) mass is 327 g/mol. The molecule has 8 heteroatoms. The molecule has 0 amide bonds. The fraction of sp³-hybridized carbons (Fsp3) is 0.462. The normalized spacial score (nSPS) is 18.1. The molecule has 1 saturated heterocycles. The first-order valence-electron chi connectivity index (χ1n) is 6.74. The molecule has 3 rings (SSSR count). The van der Waals surface area contributed by atoms with Crippen molar-refractivity contribution < 1.29 is 12.9 Å². The molecule has 21 heavy (non-hydrogen) atoms. The van der Waals surface area contributed by atoms with Crippen LogP contribution in [-0.4, -0.2) is 49.0 Å². The predicted octanol–water partition coefficient (Wildman–Crippen LogP) is 1.55. The van der Waals surface area contributed by atoms with E-state index in [1.807, 2.05) is 13.0 Å². The Morgan fingerprint density at radius 1 is 1.33 bits per heavy atom. The van der Waals surface area contributed by atoms with Crippen LogP contribution in [0.25, 0.3) is 0 Å². The Morgan fingerprint density at radius 3 is 2.67 bits per heavy atom. The minimum atomic E-state index is -3.32. The highest BCUT2D eigenvalue weighted by molar-refractivity contribution is 7.91. The lowest BCUT2D eigenvalue weighted by Gasteiger charge is -2.32. The number of nitrogens with zero attached hydrogens (tertiary/aromatic N) is 3. The van der Waals surface area contributed by atoms with E-state index in [-0.39, 0.29) is 0 Å². The summed E-state index contributed by atoms with van der Waals surface area (Å²) in [7, 11) is -3.32. The highest BCUT2D eigenvalue weighted by Gasteiger charge is 2.29. The number of hydrogen-bond donors (Lipinski definition) is 0. The molecule has 114 valence electrons. The summed E-state index contributed by atoms with van der Waals surface area (Å²) in [4.78, 5) is 2.18.